The Morgan fingerprint density at radius 1 is 1.21 bits per heavy atom. The van der Waals surface area contributed by atoms with Crippen molar-refractivity contribution in [2.45, 2.75) is 47.1 Å². The number of thiocarbonyl (C=S) groups is 1. The van der Waals surface area contributed by atoms with Gasteiger partial charge in [0.2, 0.25) is 0 Å². The number of nitrogens with zero attached hydrogens (tertiary/aromatic N) is 1. The molecule has 0 bridgehead atoms. The van der Waals surface area contributed by atoms with Gasteiger partial charge in [-0.3, -0.25) is 0 Å². The lowest BCUT2D eigenvalue weighted by atomic mass is 9.89. The van der Waals surface area contributed by atoms with Gasteiger partial charge in [-0.1, -0.05) is 77.2 Å². The minimum Gasteiger partial charge on any atom is -0.358 e. The molecule has 1 fully saturated rings. The molecule has 1 aliphatic heterocycles. The van der Waals surface area contributed by atoms with Crippen molar-refractivity contribution in [3.63, 3.8) is 0 Å². The smallest absolute Gasteiger partial charge is 0.0838 e. The molecule has 1 heterocycles. The second-order valence-corrected chi connectivity index (χ2v) is 7.86. The topological polar surface area (TPSA) is 3.24 Å². The van der Waals surface area contributed by atoms with Crippen LogP contribution in [-0.4, -0.2) is 16.4 Å². The first-order chi connectivity index (χ1) is 8.71. The summed E-state index contributed by atoms with van der Waals surface area (Å²) in [6, 6.07) is 11.2. The number of hydrogen-bond donors (Lipinski definition) is 0. The molecule has 0 spiro atoms. The zero-order valence-electron chi connectivity index (χ0n) is 12.7. The highest BCUT2D eigenvalue weighted by Crippen LogP contribution is 2.44. The lowest BCUT2D eigenvalue weighted by molar-refractivity contribution is 0.344. The van der Waals surface area contributed by atoms with Crippen molar-refractivity contribution in [3.8, 4) is 0 Å². The predicted octanol–water partition coefficient (Wildman–Crippen LogP) is 4.83. The highest BCUT2D eigenvalue weighted by Gasteiger charge is 2.41. The van der Waals surface area contributed by atoms with Crippen molar-refractivity contribution in [3.05, 3.63) is 35.9 Å². The summed E-state index contributed by atoms with van der Waals surface area (Å²) in [5, 5.41) is 0. The molecule has 19 heavy (non-hydrogen) atoms. The van der Waals surface area contributed by atoms with Crippen molar-refractivity contribution < 1.29 is 0 Å². The fourth-order valence-corrected chi connectivity index (χ4v) is 3.08. The zero-order chi connectivity index (χ0) is 14.3. The van der Waals surface area contributed by atoms with Gasteiger partial charge in [0.15, 0.2) is 0 Å². The van der Waals surface area contributed by atoms with Gasteiger partial charge in [0.05, 0.1) is 11.0 Å². The van der Waals surface area contributed by atoms with E-state index in [4.69, 9.17) is 12.2 Å². The van der Waals surface area contributed by atoms with E-state index in [0.717, 1.165) is 11.5 Å². The molecule has 104 valence electrons. The van der Waals surface area contributed by atoms with E-state index in [1.165, 1.54) is 12.0 Å². The van der Waals surface area contributed by atoms with Gasteiger partial charge in [-0.25, -0.2) is 0 Å². The molecular formula is C17H25NS. The average Bonchev–Trinajstić information content (AvgIpc) is 2.64. The van der Waals surface area contributed by atoms with Crippen molar-refractivity contribution in [2.24, 2.45) is 10.8 Å². The third-order valence-corrected chi connectivity index (χ3v) is 4.65. The van der Waals surface area contributed by atoms with Gasteiger partial charge in [-0.2, -0.15) is 0 Å². The molecular weight excluding hydrogens is 250 g/mol. The van der Waals surface area contributed by atoms with Crippen LogP contribution in [0.2, 0.25) is 0 Å². The van der Waals surface area contributed by atoms with Gasteiger partial charge >= 0.3 is 0 Å². The highest BCUT2D eigenvalue weighted by molar-refractivity contribution is 7.80. The van der Waals surface area contributed by atoms with E-state index in [2.05, 4.69) is 69.9 Å². The Balaban J connectivity index is 2.33. The quantitative estimate of drug-likeness (QED) is 0.675. The Kier molecular flexibility index (Phi) is 3.74. The minimum atomic E-state index is 0.0583. The van der Waals surface area contributed by atoms with Crippen molar-refractivity contribution in [1.29, 1.82) is 0 Å². The third-order valence-electron chi connectivity index (χ3n) is 3.81. The molecule has 1 aliphatic rings. The molecule has 1 aromatic carbocycles. The SMILES string of the molecule is CC1(C)CC(c2ccccc2)N(C(=S)C(C)(C)C)C1. The first-order valence-electron chi connectivity index (χ1n) is 7.07. The van der Waals surface area contributed by atoms with Gasteiger partial charge in [-0.05, 0) is 17.4 Å². The molecule has 0 radical (unpaired) electrons. The van der Waals surface area contributed by atoms with E-state index in [0.29, 0.717) is 11.5 Å². The van der Waals surface area contributed by atoms with Gasteiger partial charge in [0.25, 0.3) is 0 Å². The van der Waals surface area contributed by atoms with E-state index in [9.17, 15) is 0 Å². The Hall–Kier alpha value is -0.890. The monoisotopic (exact) mass is 275 g/mol. The summed E-state index contributed by atoms with van der Waals surface area (Å²) in [4.78, 5) is 3.54. The van der Waals surface area contributed by atoms with Crippen molar-refractivity contribution >= 4 is 17.2 Å². The molecule has 1 aromatic rings. The van der Waals surface area contributed by atoms with Gasteiger partial charge in [0.1, 0.15) is 0 Å². The maximum Gasteiger partial charge on any atom is 0.0838 e. The first-order valence-corrected chi connectivity index (χ1v) is 7.48. The van der Waals surface area contributed by atoms with E-state index in [1.807, 2.05) is 0 Å². The molecule has 0 amide bonds. The van der Waals surface area contributed by atoms with Crippen LogP contribution in [0.5, 0.6) is 0 Å². The molecule has 1 atom stereocenters. The Labute approximate surface area is 123 Å². The maximum atomic E-state index is 5.76. The van der Waals surface area contributed by atoms with Crippen LogP contribution < -0.4 is 0 Å². The Morgan fingerprint density at radius 3 is 2.32 bits per heavy atom. The van der Waals surface area contributed by atoms with E-state index in [1.54, 1.807) is 0 Å². The summed E-state index contributed by atoms with van der Waals surface area (Å²) in [5.74, 6) is 0. The summed E-state index contributed by atoms with van der Waals surface area (Å²) in [6.45, 7) is 12.4. The first kappa shape index (κ1) is 14.5. The molecule has 1 unspecified atom stereocenters. The number of hydrogen-bond acceptors (Lipinski definition) is 1. The summed E-state index contributed by atoms with van der Waals surface area (Å²) in [5.41, 5.74) is 1.78. The van der Waals surface area contributed by atoms with Gasteiger partial charge in [0, 0.05) is 12.0 Å². The standard InChI is InChI=1S/C17H25NS/c1-16(2,3)15(19)18-12-17(4,5)11-14(18)13-9-7-6-8-10-13/h6-10,14H,11-12H2,1-5H3. The van der Waals surface area contributed by atoms with Gasteiger partial charge < -0.3 is 4.90 Å². The normalized spacial score (nSPS) is 22.6. The molecule has 2 heteroatoms. The van der Waals surface area contributed by atoms with Crippen LogP contribution in [0.3, 0.4) is 0 Å². The molecule has 0 N–H and O–H groups in total. The summed E-state index contributed by atoms with van der Waals surface area (Å²) >= 11 is 5.76. The number of rotatable bonds is 1. The molecule has 0 aromatic heterocycles. The van der Waals surface area contributed by atoms with Crippen LogP contribution in [0.1, 0.15) is 52.6 Å². The van der Waals surface area contributed by atoms with Crippen molar-refractivity contribution in [2.75, 3.05) is 6.54 Å². The van der Waals surface area contributed by atoms with Crippen LogP contribution >= 0.6 is 12.2 Å². The van der Waals surface area contributed by atoms with Crippen molar-refractivity contribution in [1.82, 2.24) is 4.90 Å². The van der Waals surface area contributed by atoms with Crippen LogP contribution in [0, 0.1) is 10.8 Å². The Morgan fingerprint density at radius 2 is 1.79 bits per heavy atom. The summed E-state index contributed by atoms with van der Waals surface area (Å²) < 4.78 is 0. The van der Waals surface area contributed by atoms with Crippen LogP contribution in [0.15, 0.2) is 30.3 Å². The van der Waals surface area contributed by atoms with E-state index >= 15 is 0 Å². The zero-order valence-corrected chi connectivity index (χ0v) is 13.6. The molecule has 1 nitrogen and oxygen atoms in total. The molecule has 0 saturated carbocycles. The highest BCUT2D eigenvalue weighted by atomic mass is 32.1. The van der Waals surface area contributed by atoms with Gasteiger partial charge in [-0.15, -0.1) is 0 Å². The second-order valence-electron chi connectivity index (χ2n) is 7.48. The largest absolute Gasteiger partial charge is 0.358 e. The van der Waals surface area contributed by atoms with E-state index in [-0.39, 0.29) is 5.41 Å². The fourth-order valence-electron chi connectivity index (χ4n) is 2.89. The molecule has 1 saturated heterocycles. The summed E-state index contributed by atoms with van der Waals surface area (Å²) in [7, 11) is 0. The third kappa shape index (κ3) is 3.17. The molecule has 0 aliphatic carbocycles. The lowest BCUT2D eigenvalue weighted by Gasteiger charge is -2.34. The Bertz CT molecular complexity index is 456. The summed E-state index contributed by atoms with van der Waals surface area (Å²) in [6.07, 6.45) is 1.17. The average molecular weight is 275 g/mol. The number of likely N-dealkylation sites (tertiary alicyclic amines) is 1. The van der Waals surface area contributed by atoms with Crippen LogP contribution in [-0.2, 0) is 0 Å². The second kappa shape index (κ2) is 4.90. The van der Waals surface area contributed by atoms with Crippen LogP contribution in [0.25, 0.3) is 0 Å². The maximum absolute atomic E-state index is 5.76. The van der Waals surface area contributed by atoms with E-state index < -0.39 is 0 Å². The molecule has 2 rings (SSSR count). The number of benzene rings is 1. The lowest BCUT2D eigenvalue weighted by Crippen LogP contribution is -2.38. The predicted molar refractivity (Wildman–Crippen MR) is 86.3 cm³/mol. The fraction of sp³-hybridized carbons (Fsp3) is 0.588. The minimum absolute atomic E-state index is 0.0583. The van der Waals surface area contributed by atoms with Crippen LogP contribution in [0.4, 0.5) is 0 Å².